The Balaban J connectivity index is 0. The molecule has 0 aromatic carbocycles. The van der Waals surface area contributed by atoms with Crippen LogP contribution in [0.1, 0.15) is 136 Å². The van der Waals surface area contributed by atoms with Crippen LogP contribution in [0.15, 0.2) is 0 Å². The molecule has 0 saturated heterocycles. The van der Waals surface area contributed by atoms with E-state index in [1.165, 1.54) is 135 Å². The molecule has 0 aromatic rings. The molecule has 0 saturated carbocycles. The lowest BCUT2D eigenvalue weighted by Crippen LogP contribution is -2.27. The lowest BCUT2D eigenvalue weighted by atomic mass is 10.1. The Morgan fingerprint density at radius 2 is 0.655 bits per heavy atom. The van der Waals surface area contributed by atoms with Gasteiger partial charge in [-0.15, -0.1) is 0 Å². The second-order valence-corrected chi connectivity index (χ2v) is 8.72. The van der Waals surface area contributed by atoms with Crippen LogP contribution in [0.25, 0.3) is 0 Å². The number of nitrogens with zero attached hydrogens (tertiary/aromatic N) is 1. The van der Waals surface area contributed by atoms with Crippen LogP contribution in [-0.4, -0.2) is 37.6 Å². The second kappa shape index (κ2) is 30.1. The van der Waals surface area contributed by atoms with Crippen LogP contribution in [0.4, 0.5) is 0 Å². The Labute approximate surface area is 185 Å². The van der Waals surface area contributed by atoms with Gasteiger partial charge in [-0.25, -0.2) is 0 Å². The third-order valence-corrected chi connectivity index (χ3v) is 5.64. The van der Waals surface area contributed by atoms with Crippen molar-refractivity contribution >= 4 is 0 Å². The van der Waals surface area contributed by atoms with Gasteiger partial charge in [0.25, 0.3) is 0 Å². The highest BCUT2D eigenvalue weighted by molar-refractivity contribution is 4.59. The highest BCUT2D eigenvalue weighted by atomic mass is 15.1. The molecule has 178 valence electrons. The second-order valence-electron chi connectivity index (χ2n) is 8.72. The van der Waals surface area contributed by atoms with E-state index in [4.69, 9.17) is 11.5 Å². The van der Waals surface area contributed by atoms with Gasteiger partial charge in [-0.2, -0.15) is 0 Å². The summed E-state index contributed by atoms with van der Waals surface area (Å²) < 4.78 is 0. The third kappa shape index (κ3) is 30.2. The summed E-state index contributed by atoms with van der Waals surface area (Å²) in [5.41, 5.74) is 10.7. The van der Waals surface area contributed by atoms with Gasteiger partial charge >= 0.3 is 0 Å². The fraction of sp³-hybridized carbons (Fsp3) is 1.00. The minimum atomic E-state index is 0.844. The summed E-state index contributed by atoms with van der Waals surface area (Å²) in [6.07, 6.45) is 24.4. The molecule has 0 bridgehead atoms. The van der Waals surface area contributed by atoms with E-state index in [-0.39, 0.29) is 0 Å². The van der Waals surface area contributed by atoms with Crippen molar-refractivity contribution in [3.63, 3.8) is 0 Å². The summed E-state index contributed by atoms with van der Waals surface area (Å²) in [5.74, 6) is 0. The van der Waals surface area contributed by atoms with E-state index in [0.29, 0.717) is 0 Å². The van der Waals surface area contributed by atoms with E-state index in [1.807, 2.05) is 0 Å². The molecule has 0 atom stereocenters. The standard InChI is InChI=1S/C18H39N.C8H20N2/c1-4-7-10-13-16-19(17-14-11-8-5-2)18-15-12-9-6-3;9-7-5-3-1-2-4-6-8-10/h4-18H2,1-3H3;1-10H2. The van der Waals surface area contributed by atoms with Crippen molar-refractivity contribution < 1.29 is 0 Å². The maximum Gasteiger partial charge on any atom is -0.00187 e. The zero-order chi connectivity index (χ0) is 21.8. The molecule has 0 aliphatic rings. The van der Waals surface area contributed by atoms with Crippen LogP contribution >= 0.6 is 0 Å². The van der Waals surface area contributed by atoms with Crippen LogP contribution < -0.4 is 11.5 Å². The Morgan fingerprint density at radius 1 is 0.379 bits per heavy atom. The predicted molar refractivity (Wildman–Crippen MR) is 135 cm³/mol. The Hall–Kier alpha value is -0.120. The summed E-state index contributed by atoms with van der Waals surface area (Å²) in [6.45, 7) is 12.6. The monoisotopic (exact) mass is 413 g/mol. The summed E-state index contributed by atoms with van der Waals surface area (Å²) in [4.78, 5) is 2.74. The molecule has 0 unspecified atom stereocenters. The number of nitrogens with two attached hydrogens (primary N) is 2. The van der Waals surface area contributed by atoms with Crippen LogP contribution in [0, 0.1) is 0 Å². The van der Waals surface area contributed by atoms with Crippen LogP contribution in [0.3, 0.4) is 0 Å². The van der Waals surface area contributed by atoms with Crippen molar-refractivity contribution in [3.05, 3.63) is 0 Å². The highest BCUT2D eigenvalue weighted by Gasteiger charge is 2.04. The fourth-order valence-electron chi connectivity index (χ4n) is 3.62. The first-order valence-corrected chi connectivity index (χ1v) is 13.4. The minimum absolute atomic E-state index is 0.844. The van der Waals surface area contributed by atoms with Crippen LogP contribution in [0.2, 0.25) is 0 Å². The normalized spacial score (nSPS) is 11.0. The van der Waals surface area contributed by atoms with Gasteiger partial charge < -0.3 is 16.4 Å². The molecule has 0 rings (SSSR count). The van der Waals surface area contributed by atoms with Crippen molar-refractivity contribution in [1.29, 1.82) is 0 Å². The van der Waals surface area contributed by atoms with Gasteiger partial charge in [0.05, 0.1) is 0 Å². The van der Waals surface area contributed by atoms with Crippen molar-refractivity contribution in [2.75, 3.05) is 32.7 Å². The van der Waals surface area contributed by atoms with E-state index < -0.39 is 0 Å². The molecule has 3 nitrogen and oxygen atoms in total. The van der Waals surface area contributed by atoms with Gasteiger partial charge in [-0.1, -0.05) is 104 Å². The van der Waals surface area contributed by atoms with E-state index in [9.17, 15) is 0 Å². The first-order valence-electron chi connectivity index (χ1n) is 13.4. The lowest BCUT2D eigenvalue weighted by molar-refractivity contribution is 0.255. The molecule has 0 radical (unpaired) electrons. The number of rotatable bonds is 22. The fourth-order valence-corrected chi connectivity index (χ4v) is 3.62. The van der Waals surface area contributed by atoms with Crippen LogP contribution in [0.5, 0.6) is 0 Å². The molecule has 0 heterocycles. The van der Waals surface area contributed by atoms with Gasteiger partial charge in [0.2, 0.25) is 0 Å². The van der Waals surface area contributed by atoms with Crippen molar-refractivity contribution in [2.45, 2.75) is 136 Å². The van der Waals surface area contributed by atoms with E-state index in [1.54, 1.807) is 0 Å². The van der Waals surface area contributed by atoms with Crippen molar-refractivity contribution in [1.82, 2.24) is 4.90 Å². The van der Waals surface area contributed by atoms with Gasteiger partial charge in [0.1, 0.15) is 0 Å². The Kier molecular flexibility index (Phi) is 32.2. The molecular formula is C26H59N3. The summed E-state index contributed by atoms with van der Waals surface area (Å²) >= 11 is 0. The molecule has 0 spiro atoms. The molecule has 0 fully saturated rings. The topological polar surface area (TPSA) is 55.3 Å². The Bertz CT molecular complexity index is 222. The average Bonchev–Trinajstić information content (AvgIpc) is 2.74. The van der Waals surface area contributed by atoms with Gasteiger partial charge in [-0.05, 0) is 64.8 Å². The number of hydrogen-bond donors (Lipinski definition) is 2. The maximum atomic E-state index is 5.35. The molecule has 4 N–H and O–H groups in total. The predicted octanol–water partition coefficient (Wildman–Crippen LogP) is 7.27. The Morgan fingerprint density at radius 3 is 0.931 bits per heavy atom. The van der Waals surface area contributed by atoms with Gasteiger partial charge in [0, 0.05) is 0 Å². The maximum absolute atomic E-state index is 5.35. The molecule has 29 heavy (non-hydrogen) atoms. The zero-order valence-electron chi connectivity index (χ0n) is 20.9. The first kappa shape index (κ1) is 31.1. The van der Waals surface area contributed by atoms with E-state index in [2.05, 4.69) is 25.7 Å². The van der Waals surface area contributed by atoms with Gasteiger partial charge in [-0.3, -0.25) is 0 Å². The quantitative estimate of drug-likeness (QED) is 0.183. The van der Waals surface area contributed by atoms with Crippen molar-refractivity contribution in [2.24, 2.45) is 11.5 Å². The number of unbranched alkanes of at least 4 members (excludes halogenated alkanes) is 14. The molecule has 0 aliphatic heterocycles. The van der Waals surface area contributed by atoms with Gasteiger partial charge in [0.15, 0.2) is 0 Å². The lowest BCUT2D eigenvalue weighted by Gasteiger charge is -2.22. The van der Waals surface area contributed by atoms with Crippen LogP contribution in [-0.2, 0) is 0 Å². The van der Waals surface area contributed by atoms with Crippen molar-refractivity contribution in [3.8, 4) is 0 Å². The molecule has 3 heteroatoms. The first-order chi connectivity index (χ1) is 14.3. The smallest absolute Gasteiger partial charge is 0.00187 e. The number of hydrogen-bond acceptors (Lipinski definition) is 3. The third-order valence-electron chi connectivity index (χ3n) is 5.64. The minimum Gasteiger partial charge on any atom is -0.330 e. The largest absolute Gasteiger partial charge is 0.330 e. The summed E-state index contributed by atoms with van der Waals surface area (Å²) in [7, 11) is 0. The molecule has 0 amide bonds. The van der Waals surface area contributed by atoms with E-state index in [0.717, 1.165) is 13.1 Å². The zero-order valence-corrected chi connectivity index (χ0v) is 20.9. The molecular weight excluding hydrogens is 354 g/mol. The molecule has 0 aromatic heterocycles. The van der Waals surface area contributed by atoms with E-state index >= 15 is 0 Å². The SMILES string of the molecule is CCCCCCN(CCCCCC)CCCCCC.NCCCCCCCCN. The highest BCUT2D eigenvalue weighted by Crippen LogP contribution is 2.08. The summed E-state index contributed by atoms with van der Waals surface area (Å²) in [6, 6.07) is 0. The molecule has 0 aliphatic carbocycles. The average molecular weight is 414 g/mol. The summed E-state index contributed by atoms with van der Waals surface area (Å²) in [5, 5.41) is 0.